The fourth-order valence-corrected chi connectivity index (χ4v) is 5.70. The molecule has 0 bridgehead atoms. The number of rotatable bonds is 7. The van der Waals surface area contributed by atoms with Crippen LogP contribution in [0.2, 0.25) is 0 Å². The van der Waals surface area contributed by atoms with Crippen LogP contribution in [0.25, 0.3) is 0 Å². The first kappa shape index (κ1) is 26.1. The van der Waals surface area contributed by atoms with Gasteiger partial charge in [0.05, 0.1) is 12.3 Å². The second-order valence-corrected chi connectivity index (χ2v) is 10.5. The van der Waals surface area contributed by atoms with Crippen molar-refractivity contribution in [3.8, 4) is 17.6 Å². The maximum Gasteiger partial charge on any atom is 0.247 e. The molecule has 0 aliphatic carbocycles. The largest absolute Gasteiger partial charge is 0.487 e. The van der Waals surface area contributed by atoms with Crippen LogP contribution in [0.1, 0.15) is 25.1 Å². The minimum absolute atomic E-state index is 0.0781. The maximum absolute atomic E-state index is 13.5. The van der Waals surface area contributed by atoms with Gasteiger partial charge in [-0.3, -0.25) is 9.88 Å². The highest BCUT2D eigenvalue weighted by molar-refractivity contribution is 7.89. The van der Waals surface area contributed by atoms with E-state index in [1.165, 1.54) is 10.4 Å². The average Bonchev–Trinajstić information content (AvgIpc) is 2.81. The number of hydrogen-bond acceptors (Lipinski definition) is 7. The predicted molar refractivity (Wildman–Crippen MR) is 130 cm³/mol. The molecule has 3 rings (SSSR count). The van der Waals surface area contributed by atoms with Gasteiger partial charge in [-0.05, 0) is 44.3 Å². The summed E-state index contributed by atoms with van der Waals surface area (Å²) in [6.07, 6.45) is 1.47. The number of methoxy groups -OCH3 is 1. The van der Waals surface area contributed by atoms with Gasteiger partial charge in [0.25, 0.3) is 0 Å². The van der Waals surface area contributed by atoms with Gasteiger partial charge in [-0.2, -0.15) is 4.31 Å². The topological polar surface area (TPSA) is 92.2 Å². The Kier molecular flexibility index (Phi) is 9.05. The lowest BCUT2D eigenvalue weighted by molar-refractivity contribution is 0.0730. The number of likely N-dealkylation sites (N-methyl/N-ethyl adjacent to an activating group) is 1. The molecule has 1 aliphatic rings. The molecule has 1 aromatic carbocycles. The van der Waals surface area contributed by atoms with E-state index in [-0.39, 0.29) is 42.4 Å². The number of aromatic nitrogens is 1. The van der Waals surface area contributed by atoms with E-state index in [4.69, 9.17) is 9.47 Å². The van der Waals surface area contributed by atoms with Crippen LogP contribution >= 0.6 is 0 Å². The van der Waals surface area contributed by atoms with Crippen LogP contribution in [-0.4, -0.2) is 80.3 Å². The van der Waals surface area contributed by atoms with E-state index in [9.17, 15) is 13.5 Å². The van der Waals surface area contributed by atoms with Crippen molar-refractivity contribution in [1.29, 1.82) is 0 Å². The van der Waals surface area contributed by atoms with E-state index < -0.39 is 16.1 Å². The number of ether oxygens (including phenoxy) is 2. The molecule has 1 aliphatic heterocycles. The molecule has 1 aromatic heterocycles. The van der Waals surface area contributed by atoms with Gasteiger partial charge in [0.15, 0.2) is 0 Å². The van der Waals surface area contributed by atoms with Crippen molar-refractivity contribution in [3.05, 3.63) is 53.9 Å². The lowest BCUT2D eigenvalue weighted by atomic mass is 10.0. The molecule has 184 valence electrons. The van der Waals surface area contributed by atoms with Crippen molar-refractivity contribution in [2.75, 3.05) is 40.5 Å². The Morgan fingerprint density at radius 3 is 2.82 bits per heavy atom. The van der Waals surface area contributed by atoms with Crippen LogP contribution in [-0.2, 0) is 21.3 Å². The second-order valence-electron chi connectivity index (χ2n) is 8.65. The molecule has 2 heterocycles. The number of nitrogens with zero attached hydrogens (tertiary/aromatic N) is 3. The lowest BCUT2D eigenvalue weighted by Crippen LogP contribution is -2.49. The fourth-order valence-electron chi connectivity index (χ4n) is 3.87. The van der Waals surface area contributed by atoms with Crippen molar-refractivity contribution in [2.45, 2.75) is 37.4 Å². The fraction of sp³-hybridized carbons (Fsp3) is 0.480. The van der Waals surface area contributed by atoms with Crippen LogP contribution in [0.3, 0.4) is 0 Å². The molecular weight excluding hydrogens is 454 g/mol. The number of sulfonamides is 1. The first-order valence-electron chi connectivity index (χ1n) is 11.3. The van der Waals surface area contributed by atoms with E-state index in [1.54, 1.807) is 32.4 Å². The summed E-state index contributed by atoms with van der Waals surface area (Å²) in [4.78, 5) is 6.58. The Bertz CT molecular complexity index is 1110. The van der Waals surface area contributed by atoms with E-state index >= 15 is 0 Å². The Morgan fingerprint density at radius 1 is 1.35 bits per heavy atom. The number of benzene rings is 1. The molecule has 8 nitrogen and oxygen atoms in total. The molecule has 0 saturated carbocycles. The molecule has 0 spiro atoms. The van der Waals surface area contributed by atoms with Gasteiger partial charge in [-0.15, -0.1) is 0 Å². The van der Waals surface area contributed by atoms with Crippen molar-refractivity contribution >= 4 is 10.0 Å². The summed E-state index contributed by atoms with van der Waals surface area (Å²) in [5.74, 6) is 6.00. The van der Waals surface area contributed by atoms with E-state index in [1.807, 2.05) is 32.2 Å². The normalized spacial score (nSPS) is 20.9. The zero-order chi connectivity index (χ0) is 24.7. The minimum Gasteiger partial charge on any atom is -0.487 e. The third-order valence-corrected chi connectivity index (χ3v) is 7.79. The zero-order valence-electron chi connectivity index (χ0n) is 20.1. The van der Waals surface area contributed by atoms with Gasteiger partial charge in [0.2, 0.25) is 10.0 Å². The molecule has 0 unspecified atom stereocenters. The molecule has 0 fully saturated rings. The number of aliphatic hydroxyl groups is 1. The van der Waals surface area contributed by atoms with Crippen LogP contribution in [0.5, 0.6) is 5.75 Å². The highest BCUT2D eigenvalue weighted by atomic mass is 32.2. The Labute approximate surface area is 202 Å². The van der Waals surface area contributed by atoms with Gasteiger partial charge in [-0.1, -0.05) is 24.8 Å². The van der Waals surface area contributed by atoms with Gasteiger partial charge in [0.1, 0.15) is 23.4 Å². The van der Waals surface area contributed by atoms with E-state index in [0.717, 1.165) is 5.69 Å². The molecule has 0 amide bonds. The summed E-state index contributed by atoms with van der Waals surface area (Å²) in [7, 11) is -0.325. The van der Waals surface area contributed by atoms with Gasteiger partial charge in [-0.25, -0.2) is 8.42 Å². The van der Waals surface area contributed by atoms with Gasteiger partial charge < -0.3 is 14.6 Å². The number of aliphatic hydroxyl groups excluding tert-OH is 1. The van der Waals surface area contributed by atoms with Crippen molar-refractivity contribution in [2.24, 2.45) is 5.92 Å². The van der Waals surface area contributed by atoms with Crippen LogP contribution in [0.15, 0.2) is 47.5 Å². The summed E-state index contributed by atoms with van der Waals surface area (Å²) < 4.78 is 39.8. The van der Waals surface area contributed by atoms with Crippen molar-refractivity contribution < 1.29 is 23.0 Å². The van der Waals surface area contributed by atoms with Gasteiger partial charge in [0, 0.05) is 50.5 Å². The summed E-state index contributed by atoms with van der Waals surface area (Å²) in [6, 6.07) is 10.1. The SMILES string of the molecule is COCC#Cc1ccc2c(c1)O[C@@H](CN(C)Cc1ccccn1)[C@H](C)CN([C@@H](C)CO)S2(=O)=O. The first-order valence-corrected chi connectivity index (χ1v) is 12.7. The Balaban J connectivity index is 1.97. The highest BCUT2D eigenvalue weighted by Gasteiger charge is 2.38. The lowest BCUT2D eigenvalue weighted by Gasteiger charge is -2.37. The second kappa shape index (κ2) is 11.8. The smallest absolute Gasteiger partial charge is 0.247 e. The third-order valence-electron chi connectivity index (χ3n) is 5.77. The summed E-state index contributed by atoms with van der Waals surface area (Å²) >= 11 is 0. The molecule has 0 saturated heterocycles. The molecular formula is C25H33N3O5S. The summed E-state index contributed by atoms with van der Waals surface area (Å²) in [5, 5.41) is 9.77. The van der Waals surface area contributed by atoms with Crippen molar-refractivity contribution in [3.63, 3.8) is 0 Å². The number of hydrogen-bond donors (Lipinski definition) is 1. The monoisotopic (exact) mass is 487 g/mol. The highest BCUT2D eigenvalue weighted by Crippen LogP contribution is 2.34. The summed E-state index contributed by atoms with van der Waals surface area (Å²) in [5.41, 5.74) is 1.58. The van der Waals surface area contributed by atoms with Crippen molar-refractivity contribution in [1.82, 2.24) is 14.2 Å². The van der Waals surface area contributed by atoms with Crippen LogP contribution in [0.4, 0.5) is 0 Å². The van der Waals surface area contributed by atoms with E-state index in [0.29, 0.717) is 18.7 Å². The molecule has 2 aromatic rings. The summed E-state index contributed by atoms with van der Waals surface area (Å²) in [6.45, 7) is 5.12. The molecule has 9 heteroatoms. The maximum atomic E-state index is 13.5. The average molecular weight is 488 g/mol. The first-order chi connectivity index (χ1) is 16.3. The number of pyridine rings is 1. The van der Waals surface area contributed by atoms with Crippen LogP contribution in [0, 0.1) is 17.8 Å². The van der Waals surface area contributed by atoms with E-state index in [2.05, 4.69) is 21.7 Å². The van der Waals surface area contributed by atoms with Gasteiger partial charge >= 0.3 is 0 Å². The standard InChI is InChI=1S/C25H33N3O5S/c1-19-15-28(20(2)18-29)34(30,31)25-11-10-21(8-7-13-32-4)14-23(25)33-24(19)17-27(3)16-22-9-5-6-12-26-22/h5-6,9-12,14,19-20,24,29H,13,15-18H2,1-4H3/t19-,20+,24+/m1/s1. The molecule has 0 radical (unpaired) electrons. The minimum atomic E-state index is -3.88. The van der Waals surface area contributed by atoms with Crippen LogP contribution < -0.4 is 4.74 Å². The number of fused-ring (bicyclic) bond motifs is 1. The molecule has 3 atom stereocenters. The zero-order valence-corrected chi connectivity index (χ0v) is 21.0. The Morgan fingerprint density at radius 2 is 2.15 bits per heavy atom. The molecule has 34 heavy (non-hydrogen) atoms. The molecule has 1 N–H and O–H groups in total. The quantitative estimate of drug-likeness (QED) is 0.597. The third kappa shape index (κ3) is 6.34. The Hall–Kier alpha value is -2.48. The predicted octanol–water partition coefficient (Wildman–Crippen LogP) is 1.98.